The van der Waals surface area contributed by atoms with Crippen molar-refractivity contribution in [3.8, 4) is 0 Å². The van der Waals surface area contributed by atoms with E-state index < -0.39 is 0 Å². The highest BCUT2D eigenvalue weighted by molar-refractivity contribution is 9.11. The van der Waals surface area contributed by atoms with E-state index in [4.69, 9.17) is 0 Å². The lowest BCUT2D eigenvalue weighted by Crippen LogP contribution is -2.06. The maximum Gasteiger partial charge on any atom is 0.0711 e. The first kappa shape index (κ1) is 19.3. The zero-order valence-electron chi connectivity index (χ0n) is 17.0. The average Bonchev–Trinajstić information content (AvgIpc) is 3.36. The van der Waals surface area contributed by atoms with Gasteiger partial charge in [0.15, 0.2) is 0 Å². The molecule has 1 saturated carbocycles. The van der Waals surface area contributed by atoms with Crippen molar-refractivity contribution in [2.45, 2.75) is 51.4 Å². The largest absolute Gasteiger partial charge is 0.140 e. The summed E-state index contributed by atoms with van der Waals surface area (Å²) in [7, 11) is 0. The summed E-state index contributed by atoms with van der Waals surface area (Å²) < 4.78 is 4.06. The molecular formula is C27H25BrS2. The van der Waals surface area contributed by atoms with E-state index in [1.807, 2.05) is 22.7 Å². The van der Waals surface area contributed by atoms with Gasteiger partial charge in [0, 0.05) is 25.0 Å². The lowest BCUT2D eigenvalue weighted by Gasteiger charge is -2.21. The predicted octanol–water partition coefficient (Wildman–Crippen LogP) is 10.1. The van der Waals surface area contributed by atoms with E-state index in [-0.39, 0.29) is 0 Å². The summed E-state index contributed by atoms with van der Waals surface area (Å²) in [5.74, 6) is 0.995. The number of hydrogen-bond acceptors (Lipinski definition) is 2. The summed E-state index contributed by atoms with van der Waals surface area (Å²) in [4.78, 5) is 1.56. The summed E-state index contributed by atoms with van der Waals surface area (Å²) in [6, 6.07) is 18.7. The number of hydrogen-bond donors (Lipinski definition) is 0. The highest BCUT2D eigenvalue weighted by atomic mass is 79.9. The lowest BCUT2D eigenvalue weighted by molar-refractivity contribution is 0.333. The van der Waals surface area contributed by atoms with Crippen molar-refractivity contribution in [2.75, 3.05) is 0 Å². The number of thiophene rings is 2. The van der Waals surface area contributed by atoms with Crippen LogP contribution in [0, 0.1) is 5.92 Å². The Balaban J connectivity index is 1.35. The molecule has 0 amide bonds. The fourth-order valence-corrected chi connectivity index (χ4v) is 8.20. The van der Waals surface area contributed by atoms with Crippen LogP contribution in [-0.4, -0.2) is 0 Å². The molecule has 6 rings (SSSR count). The third-order valence-electron chi connectivity index (χ3n) is 6.90. The first-order chi connectivity index (χ1) is 14.7. The summed E-state index contributed by atoms with van der Waals surface area (Å²) in [6.45, 7) is 0. The molecule has 0 nitrogen and oxygen atoms in total. The van der Waals surface area contributed by atoms with E-state index in [0.29, 0.717) is 0 Å². The van der Waals surface area contributed by atoms with Crippen LogP contribution >= 0.6 is 38.6 Å². The van der Waals surface area contributed by atoms with Gasteiger partial charge in [-0.25, -0.2) is 0 Å². The van der Waals surface area contributed by atoms with Gasteiger partial charge in [-0.2, -0.15) is 0 Å². The highest BCUT2D eigenvalue weighted by Crippen LogP contribution is 2.40. The molecule has 0 radical (unpaired) electrons. The van der Waals surface area contributed by atoms with E-state index in [1.165, 1.54) is 96.9 Å². The monoisotopic (exact) mass is 492 g/mol. The molecule has 1 fully saturated rings. The average molecular weight is 494 g/mol. The molecule has 3 heteroatoms. The molecule has 0 spiro atoms. The molecule has 3 aromatic carbocycles. The topological polar surface area (TPSA) is 0 Å². The maximum atomic E-state index is 3.66. The summed E-state index contributed by atoms with van der Waals surface area (Å²) in [5, 5.41) is 8.25. The van der Waals surface area contributed by atoms with E-state index in [2.05, 4.69) is 64.5 Å². The predicted molar refractivity (Wildman–Crippen MR) is 139 cm³/mol. The standard InChI is InChI=1S/C27H25BrS2/c28-25-16-21-12-10-19-14-23-18(15-24(19)27(21)30-25)9-11-20-13-22(29-26(20)23)8-4-7-17-5-2-1-3-6-17/h9-17H,1-8H2. The molecule has 5 aromatic rings. The molecule has 1 aliphatic carbocycles. The van der Waals surface area contributed by atoms with Gasteiger partial charge in [-0.3, -0.25) is 0 Å². The molecule has 2 heterocycles. The van der Waals surface area contributed by atoms with Gasteiger partial charge in [0.25, 0.3) is 0 Å². The Morgan fingerprint density at radius 1 is 0.733 bits per heavy atom. The fourth-order valence-electron chi connectivity index (χ4n) is 5.33. The van der Waals surface area contributed by atoms with Crippen LogP contribution in [0.1, 0.15) is 49.8 Å². The first-order valence-corrected chi connectivity index (χ1v) is 13.6. The minimum absolute atomic E-state index is 0.995. The van der Waals surface area contributed by atoms with Gasteiger partial charge in [0.1, 0.15) is 0 Å². The van der Waals surface area contributed by atoms with Crippen LogP contribution in [0.5, 0.6) is 0 Å². The van der Waals surface area contributed by atoms with Crippen LogP contribution < -0.4 is 0 Å². The Bertz CT molecular complexity index is 1370. The van der Waals surface area contributed by atoms with Gasteiger partial charge in [-0.05, 0) is 80.5 Å². The molecule has 152 valence electrons. The molecule has 2 aromatic heterocycles. The number of halogens is 1. The Hall–Kier alpha value is -1.42. The van der Waals surface area contributed by atoms with Gasteiger partial charge in [-0.15, -0.1) is 22.7 Å². The second kappa shape index (κ2) is 7.93. The molecular weight excluding hydrogens is 468 g/mol. The fraction of sp³-hybridized carbons (Fsp3) is 0.333. The second-order valence-electron chi connectivity index (χ2n) is 8.92. The van der Waals surface area contributed by atoms with E-state index in [9.17, 15) is 0 Å². The minimum Gasteiger partial charge on any atom is -0.140 e. The van der Waals surface area contributed by atoms with Crippen LogP contribution in [0.4, 0.5) is 0 Å². The van der Waals surface area contributed by atoms with E-state index in [0.717, 1.165) is 5.92 Å². The number of rotatable bonds is 4. The smallest absolute Gasteiger partial charge is 0.0711 e. The van der Waals surface area contributed by atoms with Crippen molar-refractivity contribution < 1.29 is 0 Å². The highest BCUT2D eigenvalue weighted by Gasteiger charge is 2.14. The molecule has 0 N–H and O–H groups in total. The van der Waals surface area contributed by atoms with Crippen molar-refractivity contribution in [1.82, 2.24) is 0 Å². The molecule has 1 aliphatic rings. The van der Waals surface area contributed by atoms with Gasteiger partial charge < -0.3 is 0 Å². The van der Waals surface area contributed by atoms with Crippen LogP contribution in [0.25, 0.3) is 41.7 Å². The number of fused-ring (bicyclic) bond motifs is 6. The summed E-state index contributed by atoms with van der Waals surface area (Å²) >= 11 is 7.52. The summed E-state index contributed by atoms with van der Waals surface area (Å²) in [6.07, 6.45) is 11.3. The summed E-state index contributed by atoms with van der Waals surface area (Å²) in [5.41, 5.74) is 0. The van der Waals surface area contributed by atoms with Crippen LogP contribution in [0.15, 0.2) is 52.3 Å². The SMILES string of the molecule is Brc1cc2ccc3cc4c(ccc5cc(CCCC6CCCCC6)sc54)cc3c2s1. The second-order valence-corrected chi connectivity index (χ2v) is 12.5. The van der Waals surface area contributed by atoms with Crippen molar-refractivity contribution in [1.29, 1.82) is 0 Å². The van der Waals surface area contributed by atoms with Crippen molar-refractivity contribution >= 4 is 80.3 Å². The Labute approximate surface area is 194 Å². The quantitative estimate of drug-likeness (QED) is 0.219. The van der Waals surface area contributed by atoms with Crippen molar-refractivity contribution in [3.63, 3.8) is 0 Å². The molecule has 0 atom stereocenters. The van der Waals surface area contributed by atoms with Crippen molar-refractivity contribution in [2.24, 2.45) is 5.92 Å². The van der Waals surface area contributed by atoms with Gasteiger partial charge >= 0.3 is 0 Å². The van der Waals surface area contributed by atoms with Gasteiger partial charge in [0.05, 0.1) is 3.79 Å². The molecule has 0 bridgehead atoms. The lowest BCUT2D eigenvalue weighted by atomic mass is 9.86. The Morgan fingerprint density at radius 2 is 1.37 bits per heavy atom. The molecule has 0 saturated heterocycles. The van der Waals surface area contributed by atoms with Crippen LogP contribution in [-0.2, 0) is 6.42 Å². The molecule has 0 aliphatic heterocycles. The first-order valence-electron chi connectivity index (χ1n) is 11.2. The van der Waals surface area contributed by atoms with E-state index in [1.54, 1.807) is 4.88 Å². The minimum atomic E-state index is 0.995. The number of benzene rings is 3. The zero-order valence-corrected chi connectivity index (χ0v) is 20.3. The molecule has 30 heavy (non-hydrogen) atoms. The Morgan fingerprint density at radius 3 is 2.10 bits per heavy atom. The molecule has 0 unspecified atom stereocenters. The van der Waals surface area contributed by atoms with Gasteiger partial charge in [-0.1, -0.05) is 62.8 Å². The zero-order chi connectivity index (χ0) is 20.1. The van der Waals surface area contributed by atoms with Crippen LogP contribution in [0.2, 0.25) is 0 Å². The Kier molecular flexibility index (Phi) is 5.09. The van der Waals surface area contributed by atoms with Gasteiger partial charge in [0.2, 0.25) is 0 Å². The third kappa shape index (κ3) is 3.49. The maximum absolute atomic E-state index is 3.66. The van der Waals surface area contributed by atoms with Crippen LogP contribution in [0.3, 0.4) is 0 Å². The van der Waals surface area contributed by atoms with Crippen molar-refractivity contribution in [3.05, 3.63) is 57.2 Å². The number of aryl methyl sites for hydroxylation is 1. The normalized spacial score (nSPS) is 15.8. The van der Waals surface area contributed by atoms with E-state index >= 15 is 0 Å². The third-order valence-corrected chi connectivity index (χ3v) is 9.83.